The lowest BCUT2D eigenvalue weighted by molar-refractivity contribution is -0.0570. The average Bonchev–Trinajstić information content (AvgIpc) is 2.71. The number of fused-ring (bicyclic) bond motifs is 2. The third-order valence-electron chi connectivity index (χ3n) is 3.17. The van der Waals surface area contributed by atoms with Crippen molar-refractivity contribution in [1.29, 1.82) is 0 Å². The molecule has 17 heavy (non-hydrogen) atoms. The van der Waals surface area contributed by atoms with Crippen LogP contribution in [0.3, 0.4) is 0 Å². The molecule has 1 aliphatic heterocycles. The Morgan fingerprint density at radius 1 is 1.29 bits per heavy atom. The van der Waals surface area contributed by atoms with E-state index in [1.54, 1.807) is 26.0 Å². The fraction of sp³-hybridized carbons (Fsp3) is 0.455. The molecule has 90 valence electrons. The summed E-state index contributed by atoms with van der Waals surface area (Å²) in [4.78, 5) is 0. The zero-order chi connectivity index (χ0) is 12.2. The fourth-order valence-corrected chi connectivity index (χ4v) is 2.12. The van der Waals surface area contributed by atoms with Gasteiger partial charge in [-0.3, -0.25) is 0 Å². The molecule has 1 aromatic carbocycles. The molecule has 0 bridgehead atoms. The van der Waals surface area contributed by atoms with Crippen LogP contribution in [0.2, 0.25) is 0 Å². The highest BCUT2D eigenvalue weighted by Gasteiger charge is 2.41. The monoisotopic (exact) mass is 235 g/mol. The number of aliphatic hydroxyl groups excluding tert-OH is 1. The summed E-state index contributed by atoms with van der Waals surface area (Å²) < 4.78 is 10.4. The number of aromatic nitrogens is 2. The number of benzene rings is 1. The van der Waals surface area contributed by atoms with Crippen LogP contribution < -0.4 is 10.5 Å². The van der Waals surface area contributed by atoms with Gasteiger partial charge in [-0.05, 0) is 30.2 Å². The van der Waals surface area contributed by atoms with E-state index in [1.165, 1.54) is 0 Å². The van der Waals surface area contributed by atoms with Gasteiger partial charge in [-0.1, -0.05) is 0 Å². The van der Waals surface area contributed by atoms with Crippen LogP contribution >= 0.6 is 0 Å². The van der Waals surface area contributed by atoms with E-state index in [0.717, 1.165) is 5.56 Å². The highest BCUT2D eigenvalue weighted by molar-refractivity contribution is 5.77. The van der Waals surface area contributed by atoms with Gasteiger partial charge in [-0.2, -0.15) is 0 Å². The molecule has 2 atom stereocenters. The molecule has 0 unspecified atom stereocenters. The molecule has 0 radical (unpaired) electrons. The minimum atomic E-state index is -0.771. The van der Waals surface area contributed by atoms with Crippen LogP contribution in [-0.2, 0) is 0 Å². The first-order chi connectivity index (χ1) is 7.99. The second-order valence-corrected chi connectivity index (χ2v) is 4.82. The zero-order valence-corrected chi connectivity index (χ0v) is 9.54. The van der Waals surface area contributed by atoms with Gasteiger partial charge in [0.25, 0.3) is 0 Å². The molecule has 2 heterocycles. The van der Waals surface area contributed by atoms with Crippen molar-refractivity contribution in [2.45, 2.75) is 31.6 Å². The molecule has 6 heteroatoms. The molecule has 3 rings (SSSR count). The standard InChI is InChI=1S/C11H13N3O3/c1-11(2)10(15)9(12)5-3-6-7(14-17-13-6)4-8(5)16-11/h3-4,9-10,15H,12H2,1-2H3/t9-,10+/m1/s1. The minimum absolute atomic E-state index is 0.505. The summed E-state index contributed by atoms with van der Waals surface area (Å²) in [5, 5.41) is 17.6. The molecule has 0 amide bonds. The maximum absolute atomic E-state index is 10.1. The molecule has 0 fully saturated rings. The molecule has 0 spiro atoms. The third kappa shape index (κ3) is 1.41. The van der Waals surface area contributed by atoms with Crippen molar-refractivity contribution >= 4 is 11.0 Å². The lowest BCUT2D eigenvalue weighted by atomic mass is 9.87. The Kier molecular flexibility index (Phi) is 1.96. The first-order valence-corrected chi connectivity index (χ1v) is 5.38. The van der Waals surface area contributed by atoms with E-state index in [-0.39, 0.29) is 0 Å². The van der Waals surface area contributed by atoms with Crippen molar-refractivity contribution < 1.29 is 14.5 Å². The number of rotatable bonds is 0. The van der Waals surface area contributed by atoms with E-state index < -0.39 is 17.7 Å². The summed E-state index contributed by atoms with van der Waals surface area (Å²) in [6.45, 7) is 3.59. The molecule has 2 aromatic rings. The maximum atomic E-state index is 10.1. The number of ether oxygens (including phenoxy) is 1. The molecule has 0 aliphatic carbocycles. The molecular formula is C11H13N3O3. The van der Waals surface area contributed by atoms with Crippen LogP contribution in [0.4, 0.5) is 0 Å². The summed E-state index contributed by atoms with van der Waals surface area (Å²) in [5.74, 6) is 0.621. The number of hydrogen-bond donors (Lipinski definition) is 2. The smallest absolute Gasteiger partial charge is 0.138 e. The van der Waals surface area contributed by atoms with Gasteiger partial charge in [0.05, 0.1) is 6.04 Å². The van der Waals surface area contributed by atoms with Gasteiger partial charge >= 0.3 is 0 Å². The second-order valence-electron chi connectivity index (χ2n) is 4.82. The molecule has 1 aliphatic rings. The fourth-order valence-electron chi connectivity index (χ4n) is 2.12. The Labute approximate surface area is 97.3 Å². The molecule has 6 nitrogen and oxygen atoms in total. The van der Waals surface area contributed by atoms with Crippen molar-refractivity contribution in [2.75, 3.05) is 0 Å². The predicted octanol–water partition coefficient (Wildman–Crippen LogP) is 0.754. The van der Waals surface area contributed by atoms with Crippen LogP contribution in [0.25, 0.3) is 11.0 Å². The van der Waals surface area contributed by atoms with Crippen molar-refractivity contribution in [1.82, 2.24) is 10.3 Å². The first-order valence-electron chi connectivity index (χ1n) is 5.38. The number of nitrogens with zero attached hydrogens (tertiary/aromatic N) is 2. The highest BCUT2D eigenvalue weighted by Crippen LogP contribution is 2.39. The predicted molar refractivity (Wildman–Crippen MR) is 59.4 cm³/mol. The average molecular weight is 235 g/mol. The summed E-state index contributed by atoms with van der Waals surface area (Å²) in [7, 11) is 0. The van der Waals surface area contributed by atoms with Gasteiger partial charge < -0.3 is 15.6 Å². The van der Waals surface area contributed by atoms with Gasteiger partial charge in [-0.15, -0.1) is 0 Å². The van der Waals surface area contributed by atoms with Crippen molar-refractivity contribution in [2.24, 2.45) is 5.73 Å². The molecule has 0 saturated carbocycles. The van der Waals surface area contributed by atoms with Gasteiger partial charge in [0, 0.05) is 11.6 Å². The van der Waals surface area contributed by atoms with Crippen LogP contribution in [-0.4, -0.2) is 27.1 Å². The Hall–Kier alpha value is -1.66. The molecule has 1 aromatic heterocycles. The van der Waals surface area contributed by atoms with Crippen LogP contribution in [0.15, 0.2) is 16.8 Å². The van der Waals surface area contributed by atoms with Crippen molar-refractivity contribution in [3.05, 3.63) is 17.7 Å². The third-order valence-corrected chi connectivity index (χ3v) is 3.17. The van der Waals surface area contributed by atoms with E-state index in [9.17, 15) is 5.11 Å². The van der Waals surface area contributed by atoms with Crippen molar-refractivity contribution in [3.8, 4) is 5.75 Å². The quantitative estimate of drug-likeness (QED) is 0.699. The van der Waals surface area contributed by atoms with Crippen LogP contribution in [0, 0.1) is 0 Å². The van der Waals surface area contributed by atoms with E-state index in [0.29, 0.717) is 16.8 Å². The van der Waals surface area contributed by atoms with Gasteiger partial charge in [0.15, 0.2) is 0 Å². The number of aliphatic hydroxyl groups is 1. The van der Waals surface area contributed by atoms with Gasteiger partial charge in [-0.25, -0.2) is 4.63 Å². The lowest BCUT2D eigenvalue weighted by Gasteiger charge is -2.40. The second kappa shape index (κ2) is 3.18. The zero-order valence-electron chi connectivity index (χ0n) is 9.54. The summed E-state index contributed by atoms with van der Waals surface area (Å²) in [6.07, 6.45) is -0.771. The molecule has 3 N–H and O–H groups in total. The maximum Gasteiger partial charge on any atom is 0.138 e. The SMILES string of the molecule is CC1(C)Oc2cc3nonc3cc2[C@@H](N)[C@@H]1O. The van der Waals surface area contributed by atoms with Gasteiger partial charge in [0.1, 0.15) is 28.5 Å². The summed E-state index contributed by atoms with van der Waals surface area (Å²) in [6, 6.07) is 2.97. The normalized spacial score (nSPS) is 26.6. The number of hydrogen-bond acceptors (Lipinski definition) is 6. The van der Waals surface area contributed by atoms with E-state index in [4.69, 9.17) is 10.5 Å². The van der Waals surface area contributed by atoms with E-state index in [2.05, 4.69) is 14.9 Å². The Bertz CT molecular complexity index is 578. The largest absolute Gasteiger partial charge is 0.485 e. The summed E-state index contributed by atoms with van der Waals surface area (Å²) >= 11 is 0. The van der Waals surface area contributed by atoms with Gasteiger partial charge in [0.2, 0.25) is 0 Å². The Morgan fingerprint density at radius 3 is 2.65 bits per heavy atom. The van der Waals surface area contributed by atoms with Crippen LogP contribution in [0.1, 0.15) is 25.5 Å². The topological polar surface area (TPSA) is 94.4 Å². The van der Waals surface area contributed by atoms with E-state index >= 15 is 0 Å². The molecule has 0 saturated heterocycles. The highest BCUT2D eigenvalue weighted by atomic mass is 16.6. The molecular weight excluding hydrogens is 222 g/mol. The number of nitrogens with two attached hydrogens (primary N) is 1. The minimum Gasteiger partial charge on any atom is -0.485 e. The first kappa shape index (κ1) is 10.5. The Balaban J connectivity index is 2.21. The van der Waals surface area contributed by atoms with Crippen LogP contribution in [0.5, 0.6) is 5.75 Å². The van der Waals surface area contributed by atoms with Crippen molar-refractivity contribution in [3.63, 3.8) is 0 Å². The summed E-state index contributed by atoms with van der Waals surface area (Å²) in [5.41, 5.74) is 7.23. The van der Waals surface area contributed by atoms with E-state index in [1.807, 2.05) is 0 Å². The Morgan fingerprint density at radius 2 is 1.94 bits per heavy atom. The lowest BCUT2D eigenvalue weighted by Crippen LogP contribution is -2.51.